The van der Waals surface area contributed by atoms with Gasteiger partial charge in [0.25, 0.3) is 0 Å². The number of nitrogens with one attached hydrogen (secondary N) is 2. The van der Waals surface area contributed by atoms with E-state index in [0.717, 1.165) is 11.1 Å². The smallest absolute Gasteiger partial charge is 0.191 e. The summed E-state index contributed by atoms with van der Waals surface area (Å²) >= 11 is 0. The van der Waals surface area contributed by atoms with E-state index >= 15 is 0 Å². The maximum absolute atomic E-state index is 13.9. The van der Waals surface area contributed by atoms with Crippen LogP contribution >= 0.6 is 24.0 Å². The summed E-state index contributed by atoms with van der Waals surface area (Å²) in [6.45, 7) is 4.74. The van der Waals surface area contributed by atoms with Crippen molar-refractivity contribution in [3.63, 3.8) is 0 Å². The number of hydrogen-bond donors (Lipinski definition) is 2. The molecule has 0 bridgehead atoms. The first kappa shape index (κ1) is 24.3. The summed E-state index contributed by atoms with van der Waals surface area (Å²) in [5, 5.41) is 6.47. The predicted octanol–water partition coefficient (Wildman–Crippen LogP) is 4.38. The Bertz CT molecular complexity index is 809. The molecule has 0 fully saturated rings. The third-order valence-corrected chi connectivity index (χ3v) is 4.33. The third kappa shape index (κ3) is 7.01. The van der Waals surface area contributed by atoms with Crippen LogP contribution < -0.4 is 10.6 Å². The average molecular weight is 502 g/mol. The molecule has 0 aliphatic heterocycles. The third-order valence-electron chi connectivity index (χ3n) is 4.33. The van der Waals surface area contributed by atoms with Crippen molar-refractivity contribution in [3.8, 4) is 0 Å². The van der Waals surface area contributed by atoms with Gasteiger partial charge in [0, 0.05) is 25.7 Å². The predicted molar refractivity (Wildman–Crippen MR) is 122 cm³/mol. The quantitative estimate of drug-likeness (QED) is 0.350. The Morgan fingerprint density at radius 3 is 2.43 bits per heavy atom. The van der Waals surface area contributed by atoms with Crippen molar-refractivity contribution in [3.05, 3.63) is 70.3 Å². The highest BCUT2D eigenvalue weighted by Gasteiger charge is 2.10. The molecular weight excluding hydrogens is 473 g/mol. The van der Waals surface area contributed by atoms with Gasteiger partial charge in [-0.1, -0.05) is 18.2 Å². The monoisotopic (exact) mass is 502 g/mol. The van der Waals surface area contributed by atoms with Crippen molar-refractivity contribution in [1.29, 1.82) is 0 Å². The molecule has 154 valence electrons. The minimum absolute atomic E-state index is 0. The van der Waals surface area contributed by atoms with Crippen LogP contribution in [0, 0.1) is 18.6 Å². The minimum Gasteiger partial charge on any atom is -0.352 e. The number of nitrogens with zero attached hydrogens (tertiary/aromatic N) is 2. The Kier molecular flexibility index (Phi) is 9.81. The Morgan fingerprint density at radius 1 is 1.11 bits per heavy atom. The molecule has 2 aromatic carbocycles. The molecule has 1 atom stereocenters. The summed E-state index contributed by atoms with van der Waals surface area (Å²) in [7, 11) is 5.50. The summed E-state index contributed by atoms with van der Waals surface area (Å²) in [6, 6.07) is 10.2. The largest absolute Gasteiger partial charge is 0.352 e. The van der Waals surface area contributed by atoms with Gasteiger partial charge in [0.1, 0.15) is 11.6 Å². The molecule has 2 aromatic rings. The summed E-state index contributed by atoms with van der Waals surface area (Å²) in [6.07, 6.45) is 0. The van der Waals surface area contributed by atoms with Crippen molar-refractivity contribution < 1.29 is 8.78 Å². The van der Waals surface area contributed by atoms with Gasteiger partial charge in [0.05, 0.1) is 6.04 Å². The molecular formula is C21H29F2IN4. The summed E-state index contributed by atoms with van der Waals surface area (Å²) in [5.74, 6) is 0.177. The van der Waals surface area contributed by atoms with Gasteiger partial charge in [-0.3, -0.25) is 4.99 Å². The van der Waals surface area contributed by atoms with E-state index in [1.807, 2.05) is 38.1 Å². The van der Waals surface area contributed by atoms with Crippen LogP contribution in [-0.2, 0) is 13.1 Å². The molecule has 0 amide bonds. The molecule has 0 saturated heterocycles. The van der Waals surface area contributed by atoms with Crippen LogP contribution in [0.1, 0.15) is 35.2 Å². The molecule has 1 unspecified atom stereocenters. The van der Waals surface area contributed by atoms with E-state index in [0.29, 0.717) is 30.2 Å². The SMILES string of the molecule is CN=C(NCc1ccc(F)c(CN(C)C)c1)NC(C)c1ccc(C)c(F)c1.I. The topological polar surface area (TPSA) is 39.7 Å². The number of rotatable bonds is 6. The second kappa shape index (κ2) is 11.3. The first-order chi connectivity index (χ1) is 12.8. The van der Waals surface area contributed by atoms with E-state index in [-0.39, 0.29) is 41.7 Å². The zero-order valence-corrected chi connectivity index (χ0v) is 19.3. The normalized spacial score (nSPS) is 12.5. The maximum Gasteiger partial charge on any atom is 0.191 e. The second-order valence-electron chi connectivity index (χ2n) is 6.96. The van der Waals surface area contributed by atoms with E-state index in [1.165, 1.54) is 12.1 Å². The first-order valence-corrected chi connectivity index (χ1v) is 8.95. The standard InChI is InChI=1S/C21H28F2N4.HI/c1-14-6-8-17(11-20(14)23)15(2)26-21(24-3)25-12-16-7-9-19(22)18(10-16)13-27(4)5;/h6-11,15H,12-13H2,1-5H3,(H2,24,25,26);1H. The zero-order chi connectivity index (χ0) is 20.0. The highest BCUT2D eigenvalue weighted by molar-refractivity contribution is 14.0. The van der Waals surface area contributed by atoms with E-state index < -0.39 is 0 Å². The molecule has 0 aliphatic rings. The number of hydrogen-bond acceptors (Lipinski definition) is 2. The lowest BCUT2D eigenvalue weighted by Gasteiger charge is -2.19. The highest BCUT2D eigenvalue weighted by Crippen LogP contribution is 2.16. The molecule has 7 heteroatoms. The molecule has 0 radical (unpaired) electrons. The number of guanidine groups is 1. The number of aliphatic imine (C=N–C) groups is 1. The molecule has 0 saturated carbocycles. The van der Waals surface area contributed by atoms with Crippen LogP contribution in [0.25, 0.3) is 0 Å². The number of aryl methyl sites for hydroxylation is 1. The van der Waals surface area contributed by atoms with Gasteiger partial charge in [-0.05, 0) is 62.8 Å². The van der Waals surface area contributed by atoms with Crippen LogP contribution in [-0.4, -0.2) is 32.0 Å². The fourth-order valence-electron chi connectivity index (χ4n) is 2.75. The lowest BCUT2D eigenvalue weighted by molar-refractivity contribution is 0.392. The van der Waals surface area contributed by atoms with E-state index in [9.17, 15) is 8.78 Å². The Labute approximate surface area is 183 Å². The number of benzene rings is 2. The molecule has 0 aliphatic carbocycles. The Hall–Kier alpha value is -1.74. The average Bonchev–Trinajstić information content (AvgIpc) is 2.62. The summed E-state index contributed by atoms with van der Waals surface area (Å²) < 4.78 is 27.7. The lowest BCUT2D eigenvalue weighted by atomic mass is 10.1. The van der Waals surface area contributed by atoms with Gasteiger partial charge < -0.3 is 15.5 Å². The Balaban J connectivity index is 0.00000392. The summed E-state index contributed by atoms with van der Waals surface area (Å²) in [4.78, 5) is 6.14. The van der Waals surface area contributed by atoms with Crippen molar-refractivity contribution in [2.45, 2.75) is 33.0 Å². The Morgan fingerprint density at radius 2 is 1.82 bits per heavy atom. The highest BCUT2D eigenvalue weighted by atomic mass is 127. The molecule has 0 aromatic heterocycles. The van der Waals surface area contributed by atoms with Crippen LogP contribution in [0.4, 0.5) is 8.78 Å². The fourth-order valence-corrected chi connectivity index (χ4v) is 2.75. The van der Waals surface area contributed by atoms with Crippen LogP contribution in [0.3, 0.4) is 0 Å². The van der Waals surface area contributed by atoms with E-state index in [1.54, 1.807) is 26.1 Å². The second-order valence-corrected chi connectivity index (χ2v) is 6.96. The first-order valence-electron chi connectivity index (χ1n) is 8.95. The van der Waals surface area contributed by atoms with Crippen molar-refractivity contribution in [2.75, 3.05) is 21.1 Å². The molecule has 0 heterocycles. The lowest BCUT2D eigenvalue weighted by Crippen LogP contribution is -2.38. The van der Waals surface area contributed by atoms with Gasteiger partial charge in [-0.2, -0.15) is 0 Å². The molecule has 2 rings (SSSR count). The van der Waals surface area contributed by atoms with Crippen molar-refractivity contribution in [2.24, 2.45) is 4.99 Å². The molecule has 28 heavy (non-hydrogen) atoms. The fraction of sp³-hybridized carbons (Fsp3) is 0.381. The van der Waals surface area contributed by atoms with Gasteiger partial charge in [0.2, 0.25) is 0 Å². The van der Waals surface area contributed by atoms with E-state index in [4.69, 9.17) is 0 Å². The molecule has 4 nitrogen and oxygen atoms in total. The zero-order valence-electron chi connectivity index (χ0n) is 17.0. The van der Waals surface area contributed by atoms with Crippen LogP contribution in [0.15, 0.2) is 41.4 Å². The summed E-state index contributed by atoms with van der Waals surface area (Å²) in [5.41, 5.74) is 3.09. The van der Waals surface area contributed by atoms with Crippen molar-refractivity contribution >= 4 is 29.9 Å². The van der Waals surface area contributed by atoms with Gasteiger partial charge in [-0.15, -0.1) is 24.0 Å². The minimum atomic E-state index is -0.219. The van der Waals surface area contributed by atoms with Crippen LogP contribution in [0.2, 0.25) is 0 Å². The molecule has 0 spiro atoms. The number of halogens is 3. The van der Waals surface area contributed by atoms with Crippen molar-refractivity contribution in [1.82, 2.24) is 15.5 Å². The van der Waals surface area contributed by atoms with Gasteiger partial charge in [-0.25, -0.2) is 8.78 Å². The van der Waals surface area contributed by atoms with E-state index in [2.05, 4.69) is 15.6 Å². The van der Waals surface area contributed by atoms with Crippen LogP contribution in [0.5, 0.6) is 0 Å². The van der Waals surface area contributed by atoms with Gasteiger partial charge >= 0.3 is 0 Å². The van der Waals surface area contributed by atoms with Gasteiger partial charge in [0.15, 0.2) is 5.96 Å². The molecule has 2 N–H and O–H groups in total. The maximum atomic E-state index is 13.9.